The van der Waals surface area contributed by atoms with E-state index in [2.05, 4.69) is 53.2 Å². The van der Waals surface area contributed by atoms with Gasteiger partial charge in [0.05, 0.1) is 38.2 Å². The van der Waals surface area contributed by atoms with Crippen LogP contribution >= 0.6 is 0 Å². The molecule has 3 aromatic rings. The van der Waals surface area contributed by atoms with Gasteiger partial charge in [0.2, 0.25) is 5.91 Å². The molecule has 8 nitrogen and oxygen atoms in total. The van der Waals surface area contributed by atoms with Crippen LogP contribution in [0.3, 0.4) is 0 Å². The lowest BCUT2D eigenvalue weighted by molar-refractivity contribution is -0.131. The minimum Gasteiger partial charge on any atom is -0.497 e. The van der Waals surface area contributed by atoms with E-state index in [1.165, 1.54) is 5.56 Å². The molecule has 1 saturated heterocycles. The monoisotopic (exact) mass is 620 g/mol. The molecule has 1 atom stereocenters. The smallest absolute Gasteiger partial charge is 0.242 e. The molecule has 1 aliphatic carbocycles. The summed E-state index contributed by atoms with van der Waals surface area (Å²) in [5, 5.41) is 3.64. The Bertz CT molecular complexity index is 1640. The molecule has 1 unspecified atom stereocenters. The van der Waals surface area contributed by atoms with Gasteiger partial charge in [0.1, 0.15) is 11.5 Å². The molecule has 1 fully saturated rings. The lowest BCUT2D eigenvalue weighted by Gasteiger charge is -2.40. The van der Waals surface area contributed by atoms with Crippen molar-refractivity contribution in [3.63, 3.8) is 0 Å². The van der Waals surface area contributed by atoms with Crippen molar-refractivity contribution in [2.24, 2.45) is 5.41 Å². The van der Waals surface area contributed by atoms with Crippen LogP contribution in [0, 0.1) is 5.41 Å². The van der Waals surface area contributed by atoms with E-state index >= 15 is 0 Å². The van der Waals surface area contributed by atoms with Crippen LogP contribution in [0.25, 0.3) is 6.08 Å². The minimum absolute atomic E-state index is 0.0411. The van der Waals surface area contributed by atoms with Gasteiger partial charge in [-0.2, -0.15) is 0 Å². The maximum Gasteiger partial charge on any atom is 0.242 e. The molecule has 2 aliphatic heterocycles. The summed E-state index contributed by atoms with van der Waals surface area (Å²) in [6.45, 7) is 8.16. The zero-order valence-corrected chi connectivity index (χ0v) is 27.3. The molecule has 3 aliphatic rings. The second-order valence-electron chi connectivity index (χ2n) is 13.1. The quantitative estimate of drug-likeness (QED) is 0.323. The third kappa shape index (κ3) is 6.67. The number of anilines is 2. The summed E-state index contributed by atoms with van der Waals surface area (Å²) < 4.78 is 11.4. The molecule has 8 heteroatoms. The maximum absolute atomic E-state index is 14.1. The van der Waals surface area contributed by atoms with Crippen LogP contribution in [0.15, 0.2) is 90.1 Å². The number of ketones is 1. The van der Waals surface area contributed by atoms with Gasteiger partial charge in [-0.15, -0.1) is 0 Å². The maximum atomic E-state index is 14.1. The molecular weight excluding hydrogens is 576 g/mol. The van der Waals surface area contributed by atoms with Crippen molar-refractivity contribution in [2.45, 2.75) is 32.7 Å². The number of fused-ring (bicyclic) bond motifs is 1. The minimum atomic E-state index is -0.524. The number of benzene rings is 3. The summed E-state index contributed by atoms with van der Waals surface area (Å²) in [6.07, 6.45) is 5.49. The molecule has 46 heavy (non-hydrogen) atoms. The summed E-state index contributed by atoms with van der Waals surface area (Å²) in [5.74, 6) is 1.41. The van der Waals surface area contributed by atoms with E-state index in [-0.39, 0.29) is 23.7 Å². The average molecular weight is 621 g/mol. The number of amides is 1. The molecule has 6 rings (SSSR count). The summed E-state index contributed by atoms with van der Waals surface area (Å²) in [7, 11) is 3.25. The number of carbonyl (C=O) groups is 2. The van der Waals surface area contributed by atoms with E-state index in [1.54, 1.807) is 14.2 Å². The number of nitrogens with zero attached hydrogens (tertiary/aromatic N) is 3. The standard InChI is InChI=1S/C38H44N4O4/c1-38(2)24-31-36(33(43)25-38)37(29-17-16-28(45-3)23-34(29)46-4)42(32-15-9-8-14-30(32)39-31)26-35(44)41-21-19-40(20-22-41)18-10-13-27-11-6-5-7-12-27/h5-17,23,37,39H,18-22,24-26H2,1-4H3/b13-10+. The van der Waals surface area contributed by atoms with Crippen LogP contribution in [-0.2, 0) is 9.59 Å². The highest BCUT2D eigenvalue weighted by atomic mass is 16.5. The number of nitrogens with one attached hydrogen (secondary N) is 1. The Morgan fingerprint density at radius 1 is 0.935 bits per heavy atom. The molecule has 0 spiro atoms. The number of allylic oxidation sites excluding steroid dienone is 1. The van der Waals surface area contributed by atoms with Gasteiger partial charge in [0.15, 0.2) is 5.78 Å². The Kier molecular flexibility index (Phi) is 9.17. The molecule has 0 saturated carbocycles. The lowest BCUT2D eigenvalue weighted by Crippen LogP contribution is -2.51. The SMILES string of the molecule is COc1ccc(C2C3=C(CC(C)(C)CC3=O)Nc3ccccc3N2CC(=O)N2CCN(C/C=C/c3ccccc3)CC2)c(OC)c1. The van der Waals surface area contributed by atoms with E-state index in [0.29, 0.717) is 36.6 Å². The van der Waals surface area contributed by atoms with Gasteiger partial charge < -0.3 is 24.6 Å². The van der Waals surface area contributed by atoms with Crippen molar-refractivity contribution < 1.29 is 19.1 Å². The van der Waals surface area contributed by atoms with Crippen LogP contribution in [0.5, 0.6) is 11.5 Å². The van der Waals surface area contributed by atoms with Crippen LogP contribution in [-0.4, -0.2) is 75.0 Å². The van der Waals surface area contributed by atoms with Crippen molar-refractivity contribution in [3.05, 3.63) is 101 Å². The van der Waals surface area contributed by atoms with E-state index in [1.807, 2.05) is 65.6 Å². The lowest BCUT2D eigenvalue weighted by atomic mass is 9.73. The Morgan fingerprint density at radius 2 is 1.67 bits per heavy atom. The summed E-state index contributed by atoms with van der Waals surface area (Å²) in [5.41, 5.74) is 5.19. The van der Waals surface area contributed by atoms with Crippen LogP contribution in [0.4, 0.5) is 11.4 Å². The van der Waals surface area contributed by atoms with Gasteiger partial charge in [-0.3, -0.25) is 14.5 Å². The van der Waals surface area contributed by atoms with Crippen molar-refractivity contribution in [2.75, 3.05) is 63.7 Å². The molecular formula is C38H44N4O4. The molecule has 0 radical (unpaired) electrons. The zero-order valence-electron chi connectivity index (χ0n) is 27.3. The number of hydrogen-bond acceptors (Lipinski definition) is 7. The first-order valence-electron chi connectivity index (χ1n) is 16.1. The second-order valence-corrected chi connectivity index (χ2v) is 13.1. The topological polar surface area (TPSA) is 74.4 Å². The number of carbonyl (C=O) groups excluding carboxylic acids is 2. The normalized spacial score (nSPS) is 19.7. The predicted molar refractivity (Wildman–Crippen MR) is 183 cm³/mol. The van der Waals surface area contributed by atoms with Gasteiger partial charge in [-0.05, 0) is 41.7 Å². The van der Waals surface area contributed by atoms with Gasteiger partial charge >= 0.3 is 0 Å². The van der Waals surface area contributed by atoms with Crippen molar-refractivity contribution in [1.29, 1.82) is 0 Å². The van der Waals surface area contributed by atoms with E-state index in [4.69, 9.17) is 9.47 Å². The molecule has 0 bridgehead atoms. The predicted octanol–water partition coefficient (Wildman–Crippen LogP) is 6.18. The molecule has 1 N–H and O–H groups in total. The molecule has 3 aromatic carbocycles. The number of rotatable bonds is 8. The highest BCUT2D eigenvalue weighted by Gasteiger charge is 2.43. The Balaban J connectivity index is 1.30. The van der Waals surface area contributed by atoms with Gasteiger partial charge in [0, 0.05) is 62.0 Å². The highest BCUT2D eigenvalue weighted by Crippen LogP contribution is 2.50. The first-order chi connectivity index (χ1) is 22.3. The average Bonchev–Trinajstić information content (AvgIpc) is 3.19. The third-order valence-electron chi connectivity index (χ3n) is 9.24. The number of para-hydroxylation sites is 2. The van der Waals surface area contributed by atoms with Crippen molar-refractivity contribution in [1.82, 2.24) is 9.80 Å². The Labute approximate surface area is 272 Å². The number of methoxy groups -OCH3 is 2. The molecule has 1 amide bonds. The van der Waals surface area contributed by atoms with E-state index in [0.717, 1.165) is 48.7 Å². The van der Waals surface area contributed by atoms with Crippen LogP contribution in [0.2, 0.25) is 0 Å². The second kappa shape index (κ2) is 13.4. The summed E-state index contributed by atoms with van der Waals surface area (Å²) in [6, 6.07) is 23.5. The number of piperazine rings is 1. The molecule has 2 heterocycles. The number of hydrogen-bond donors (Lipinski definition) is 1. The molecule has 0 aromatic heterocycles. The van der Waals surface area contributed by atoms with Crippen molar-refractivity contribution in [3.8, 4) is 11.5 Å². The molecule has 240 valence electrons. The van der Waals surface area contributed by atoms with Gasteiger partial charge in [-0.1, -0.05) is 68.5 Å². The number of ether oxygens (including phenoxy) is 2. The fourth-order valence-corrected chi connectivity index (χ4v) is 6.92. The first-order valence-corrected chi connectivity index (χ1v) is 16.1. The van der Waals surface area contributed by atoms with Gasteiger partial charge in [0.25, 0.3) is 0 Å². The number of Topliss-reactive ketones (excluding diaryl/α,β-unsaturated/α-hetero) is 1. The highest BCUT2D eigenvalue weighted by molar-refractivity contribution is 6.02. The first kappa shape index (κ1) is 31.4. The van der Waals surface area contributed by atoms with Crippen LogP contribution in [0.1, 0.15) is 43.9 Å². The largest absolute Gasteiger partial charge is 0.497 e. The Hall–Kier alpha value is -4.56. The van der Waals surface area contributed by atoms with E-state index in [9.17, 15) is 9.59 Å². The Morgan fingerprint density at radius 3 is 2.41 bits per heavy atom. The van der Waals surface area contributed by atoms with Crippen molar-refractivity contribution >= 4 is 29.1 Å². The van der Waals surface area contributed by atoms with Gasteiger partial charge in [-0.25, -0.2) is 0 Å². The van der Waals surface area contributed by atoms with Crippen LogP contribution < -0.4 is 19.7 Å². The summed E-state index contributed by atoms with van der Waals surface area (Å²) >= 11 is 0. The zero-order chi connectivity index (χ0) is 32.3. The fourth-order valence-electron chi connectivity index (χ4n) is 6.92. The fraction of sp³-hybridized carbons (Fsp3) is 0.368. The van der Waals surface area contributed by atoms with E-state index < -0.39 is 6.04 Å². The summed E-state index contributed by atoms with van der Waals surface area (Å²) in [4.78, 5) is 34.7. The third-order valence-corrected chi connectivity index (χ3v) is 9.24.